The number of aryl methyl sites for hydroxylation is 1. The average Bonchev–Trinajstić information content (AvgIpc) is 3.17. The minimum Gasteiger partial charge on any atom is -0.353 e. The van der Waals surface area contributed by atoms with Crippen LogP contribution in [0.25, 0.3) is 10.2 Å². The van der Waals surface area contributed by atoms with Gasteiger partial charge in [0.1, 0.15) is 5.69 Å². The Morgan fingerprint density at radius 2 is 2.25 bits per heavy atom. The number of nitrogens with one attached hydrogen (secondary N) is 1. The van der Waals surface area contributed by atoms with Crippen LogP contribution < -0.4 is 5.32 Å². The van der Waals surface area contributed by atoms with Crippen molar-refractivity contribution in [1.29, 1.82) is 0 Å². The summed E-state index contributed by atoms with van der Waals surface area (Å²) in [5.41, 5.74) is 1.80. The van der Waals surface area contributed by atoms with Gasteiger partial charge in [-0.1, -0.05) is 6.92 Å². The van der Waals surface area contributed by atoms with Gasteiger partial charge in [0.15, 0.2) is 0 Å². The minimum atomic E-state index is -0.0990. The number of hydrogen-bond donors (Lipinski definition) is 1. The van der Waals surface area contributed by atoms with Gasteiger partial charge in [-0.25, -0.2) is 0 Å². The van der Waals surface area contributed by atoms with Crippen LogP contribution in [0.3, 0.4) is 0 Å². The molecular formula is C18H25N3O2S. The number of nitrogens with zero attached hydrogens (tertiary/aromatic N) is 2. The van der Waals surface area contributed by atoms with Crippen molar-refractivity contribution in [3.8, 4) is 0 Å². The Kier molecular flexibility index (Phi) is 4.94. The molecule has 2 unspecified atom stereocenters. The summed E-state index contributed by atoms with van der Waals surface area (Å²) >= 11 is 1.65. The molecule has 1 aliphatic heterocycles. The highest BCUT2D eigenvalue weighted by Gasteiger charge is 2.30. The third kappa shape index (κ3) is 3.20. The molecule has 0 radical (unpaired) electrons. The summed E-state index contributed by atoms with van der Waals surface area (Å²) in [6, 6.07) is 4.18. The molecule has 0 bridgehead atoms. The SMILES string of the molecule is CCC(C)NC(=O)C1CCCN(C(=O)c2cc3sccc3n2C)C1. The van der Waals surface area contributed by atoms with Crippen LogP contribution >= 0.6 is 11.3 Å². The molecule has 0 aliphatic carbocycles. The second-order valence-electron chi connectivity index (χ2n) is 6.67. The third-order valence-corrected chi connectivity index (χ3v) is 5.82. The van der Waals surface area contributed by atoms with E-state index in [4.69, 9.17) is 0 Å². The van der Waals surface area contributed by atoms with Crippen molar-refractivity contribution >= 4 is 33.4 Å². The van der Waals surface area contributed by atoms with Crippen molar-refractivity contribution in [3.05, 3.63) is 23.2 Å². The average molecular weight is 347 g/mol. The van der Waals surface area contributed by atoms with Crippen molar-refractivity contribution in [2.24, 2.45) is 13.0 Å². The zero-order chi connectivity index (χ0) is 17.3. The lowest BCUT2D eigenvalue weighted by Crippen LogP contribution is -2.47. The summed E-state index contributed by atoms with van der Waals surface area (Å²) < 4.78 is 3.08. The predicted octanol–water partition coefficient (Wildman–Crippen LogP) is 3.01. The topological polar surface area (TPSA) is 54.3 Å². The highest BCUT2D eigenvalue weighted by Crippen LogP contribution is 2.26. The molecule has 2 aromatic heterocycles. The molecule has 5 nitrogen and oxygen atoms in total. The first-order chi connectivity index (χ1) is 11.5. The van der Waals surface area contributed by atoms with E-state index in [-0.39, 0.29) is 23.8 Å². The molecule has 3 rings (SSSR count). The molecule has 0 saturated carbocycles. The summed E-state index contributed by atoms with van der Waals surface area (Å²) in [7, 11) is 1.93. The Morgan fingerprint density at radius 3 is 2.96 bits per heavy atom. The Labute approximate surface area is 146 Å². The highest BCUT2D eigenvalue weighted by molar-refractivity contribution is 7.17. The van der Waals surface area contributed by atoms with Gasteiger partial charge >= 0.3 is 0 Å². The van der Waals surface area contributed by atoms with Gasteiger partial charge in [-0.2, -0.15) is 0 Å². The number of hydrogen-bond acceptors (Lipinski definition) is 3. The standard InChI is InChI=1S/C18H25N3O2S/c1-4-12(2)19-17(22)13-6-5-8-21(11-13)18(23)15-10-16-14(20(15)3)7-9-24-16/h7,9-10,12-13H,4-6,8,11H2,1-3H3,(H,19,22). The lowest BCUT2D eigenvalue weighted by Gasteiger charge is -2.32. The second kappa shape index (κ2) is 6.97. The molecule has 2 amide bonds. The monoisotopic (exact) mass is 347 g/mol. The molecule has 0 spiro atoms. The predicted molar refractivity (Wildman–Crippen MR) is 97.3 cm³/mol. The molecule has 3 heterocycles. The van der Waals surface area contributed by atoms with Gasteiger partial charge in [-0.3, -0.25) is 9.59 Å². The van der Waals surface area contributed by atoms with Crippen molar-refractivity contribution in [2.45, 2.75) is 39.2 Å². The summed E-state index contributed by atoms with van der Waals surface area (Å²) in [4.78, 5) is 27.1. The van der Waals surface area contributed by atoms with E-state index in [2.05, 4.69) is 12.2 Å². The van der Waals surface area contributed by atoms with E-state index in [9.17, 15) is 9.59 Å². The molecule has 1 saturated heterocycles. The lowest BCUT2D eigenvalue weighted by molar-refractivity contribution is -0.126. The summed E-state index contributed by atoms with van der Waals surface area (Å²) in [6.45, 7) is 5.31. The maximum atomic E-state index is 12.9. The highest BCUT2D eigenvalue weighted by atomic mass is 32.1. The van der Waals surface area contributed by atoms with Gasteiger partial charge in [0.05, 0.1) is 16.1 Å². The van der Waals surface area contributed by atoms with Crippen molar-refractivity contribution in [2.75, 3.05) is 13.1 Å². The van der Waals surface area contributed by atoms with Gasteiger partial charge in [-0.15, -0.1) is 11.3 Å². The molecule has 130 valence electrons. The first-order valence-corrected chi connectivity index (χ1v) is 9.51. The molecule has 0 aromatic carbocycles. The van der Waals surface area contributed by atoms with E-state index in [1.165, 1.54) is 0 Å². The van der Waals surface area contributed by atoms with Gasteiger partial charge in [0.2, 0.25) is 5.91 Å². The van der Waals surface area contributed by atoms with Gasteiger partial charge in [-0.05, 0) is 43.7 Å². The van der Waals surface area contributed by atoms with Crippen LogP contribution in [0.2, 0.25) is 0 Å². The maximum Gasteiger partial charge on any atom is 0.270 e. The number of piperidine rings is 1. The molecule has 1 aliphatic rings. The van der Waals surface area contributed by atoms with E-state index in [1.54, 1.807) is 11.3 Å². The van der Waals surface area contributed by atoms with Crippen LogP contribution in [0.1, 0.15) is 43.6 Å². The number of carbonyl (C=O) groups excluding carboxylic acids is 2. The van der Waals surface area contributed by atoms with E-state index in [1.807, 2.05) is 41.0 Å². The van der Waals surface area contributed by atoms with E-state index in [0.29, 0.717) is 12.2 Å². The van der Waals surface area contributed by atoms with Crippen molar-refractivity contribution in [1.82, 2.24) is 14.8 Å². The fraction of sp³-hybridized carbons (Fsp3) is 0.556. The maximum absolute atomic E-state index is 12.9. The first kappa shape index (κ1) is 17.0. The smallest absolute Gasteiger partial charge is 0.270 e. The van der Waals surface area contributed by atoms with Crippen LogP contribution in [-0.2, 0) is 11.8 Å². The largest absolute Gasteiger partial charge is 0.353 e. The molecule has 2 atom stereocenters. The quantitative estimate of drug-likeness (QED) is 0.924. The van der Waals surface area contributed by atoms with Crippen LogP contribution in [-0.4, -0.2) is 40.4 Å². The molecule has 24 heavy (non-hydrogen) atoms. The van der Waals surface area contributed by atoms with Crippen LogP contribution in [0, 0.1) is 5.92 Å². The number of aromatic nitrogens is 1. The summed E-state index contributed by atoms with van der Waals surface area (Å²) in [6.07, 6.45) is 2.65. The Bertz CT molecular complexity index is 749. The van der Waals surface area contributed by atoms with Gasteiger partial charge in [0.25, 0.3) is 5.91 Å². The lowest BCUT2D eigenvalue weighted by atomic mass is 9.96. The van der Waals surface area contributed by atoms with Crippen LogP contribution in [0.4, 0.5) is 0 Å². The Balaban J connectivity index is 1.72. The number of amides is 2. The van der Waals surface area contributed by atoms with Gasteiger partial charge < -0.3 is 14.8 Å². The Hall–Kier alpha value is -1.82. The molecular weight excluding hydrogens is 322 g/mol. The van der Waals surface area contributed by atoms with E-state index in [0.717, 1.165) is 36.0 Å². The molecule has 6 heteroatoms. The van der Waals surface area contributed by atoms with Gasteiger partial charge in [0, 0.05) is 26.2 Å². The molecule has 1 fully saturated rings. The number of likely N-dealkylation sites (tertiary alicyclic amines) is 1. The summed E-state index contributed by atoms with van der Waals surface area (Å²) in [5, 5.41) is 5.08. The third-order valence-electron chi connectivity index (χ3n) is 4.96. The van der Waals surface area contributed by atoms with E-state index < -0.39 is 0 Å². The zero-order valence-corrected chi connectivity index (χ0v) is 15.4. The Morgan fingerprint density at radius 1 is 1.46 bits per heavy atom. The fourth-order valence-electron chi connectivity index (χ4n) is 3.26. The number of carbonyl (C=O) groups is 2. The first-order valence-electron chi connectivity index (χ1n) is 8.63. The minimum absolute atomic E-state index is 0.0296. The van der Waals surface area contributed by atoms with E-state index >= 15 is 0 Å². The molecule has 2 aromatic rings. The van der Waals surface area contributed by atoms with Crippen molar-refractivity contribution < 1.29 is 9.59 Å². The summed E-state index contributed by atoms with van der Waals surface area (Å²) in [5.74, 6) is 0.00902. The normalized spacial score (nSPS) is 19.5. The van der Waals surface area contributed by atoms with Crippen LogP contribution in [0.15, 0.2) is 17.5 Å². The zero-order valence-electron chi connectivity index (χ0n) is 14.5. The number of thiophene rings is 1. The van der Waals surface area contributed by atoms with Crippen molar-refractivity contribution in [3.63, 3.8) is 0 Å². The second-order valence-corrected chi connectivity index (χ2v) is 7.61. The fourth-order valence-corrected chi connectivity index (χ4v) is 4.10. The van der Waals surface area contributed by atoms with Crippen LogP contribution in [0.5, 0.6) is 0 Å². The number of fused-ring (bicyclic) bond motifs is 1. The molecule has 1 N–H and O–H groups in total. The number of rotatable bonds is 4.